The first-order valence-corrected chi connectivity index (χ1v) is 10.2. The maximum atomic E-state index is 13.0. The molecule has 1 aromatic carbocycles. The largest absolute Gasteiger partial charge is 0.352 e. The number of imide groups is 2. The van der Waals surface area contributed by atoms with E-state index in [9.17, 15) is 24.0 Å². The fourth-order valence-electron chi connectivity index (χ4n) is 3.80. The fourth-order valence-corrected chi connectivity index (χ4v) is 3.80. The van der Waals surface area contributed by atoms with Crippen LogP contribution in [0.3, 0.4) is 0 Å². The van der Waals surface area contributed by atoms with Gasteiger partial charge < -0.3 is 11.1 Å². The predicted molar refractivity (Wildman–Crippen MR) is 636 cm³/mol. The highest BCUT2D eigenvalue weighted by Gasteiger charge is 2.45. The second-order valence-electron chi connectivity index (χ2n) is 7.52. The van der Waals surface area contributed by atoms with E-state index < -0.39 is 29.7 Å². The molecule has 1 atom stereocenters. The third-order valence-electron chi connectivity index (χ3n) is 5.39. The lowest BCUT2D eigenvalue weighted by Gasteiger charge is -2.27. The van der Waals surface area contributed by atoms with E-state index in [1.54, 1.807) is 12.1 Å². The molecule has 9 nitrogen and oxygen atoms in total. The van der Waals surface area contributed by atoms with Gasteiger partial charge in [0.25, 0.3) is 11.8 Å². The van der Waals surface area contributed by atoms with E-state index in [0.29, 0.717) is 18.5 Å². The molecule has 1 fully saturated rings. The fraction of sp³-hybridized carbons (Fsp3) is 0.476. The Morgan fingerprint density at radius 1 is 0.330 bits per heavy atom. The lowest BCUT2D eigenvalue weighted by atomic mass is 10.0. The number of nitrogens with zero attached hydrogens (tertiary/aromatic N) is 1. The molecule has 103 heavy (non-hydrogen) atoms. The van der Waals surface area contributed by atoms with Gasteiger partial charge in [-0.05, 0) is 37.4 Å². The molecule has 0 aromatic heterocycles. The maximum Gasteiger partial charge on any atom is 0.262 e. The van der Waals surface area contributed by atoms with Crippen molar-refractivity contribution in [3.63, 3.8) is 0 Å². The van der Waals surface area contributed by atoms with Crippen LogP contribution < -0.4 is 16.4 Å². The van der Waals surface area contributed by atoms with Crippen molar-refractivity contribution in [3.05, 3.63) is 34.9 Å². The topological polar surface area (TPSA) is 139 Å². The molecule has 1 unspecified atom stereocenters. The first-order valence-electron chi connectivity index (χ1n) is 10.2. The SMILES string of the molecule is Cl.Cl.Cl.Cl.Cl.Cl.Cl.Cl.Cl.Cl.Cl.Cl.Cl.Cl.Cl.Cl.Cl.Cl.Cl.Cl.Cl.Cl.Cl.Cl.Cl.Cl.Cl.Cl.Cl.Cl.Cl.Cl.Cl.Cl.Cl.Cl.Cl.Cl.Cl.Cl.Cl.Cl.Cl.Cl.Cl.Cl.Cl.Cl.Cl.Cl.Cl.Cl.Cl.Cl.Cl.Cl.Cl.Cl.Cl.Cl.Cl.Cl.Cl.Cl.Cl.Cl.Cl.Cl.Cl.Cl.Cl.Cl.Cl.NCCCCCCC(=O)NCc1cccc2c1C(=O)N(C1CCC(=O)NC1=O)C2=O. The summed E-state index contributed by atoms with van der Waals surface area (Å²) in [6.45, 7) is 0.765. The first-order chi connectivity index (χ1) is 14.4. The smallest absolute Gasteiger partial charge is 0.262 e. The van der Waals surface area contributed by atoms with Gasteiger partial charge >= 0.3 is 0 Å². The third kappa shape index (κ3) is 282. The van der Waals surface area contributed by atoms with Gasteiger partial charge in [0.15, 0.2) is 0 Å². The van der Waals surface area contributed by atoms with Crippen molar-refractivity contribution < 1.29 is 24.0 Å². The third-order valence-corrected chi connectivity index (χ3v) is 5.39. The number of nitrogens with two attached hydrogens (primary N) is 1. The summed E-state index contributed by atoms with van der Waals surface area (Å²) in [5.41, 5.74) is 6.38. The summed E-state index contributed by atoms with van der Waals surface area (Å²) in [6, 6.07) is 3.85. The van der Waals surface area contributed by atoms with Crippen LogP contribution in [0, 0.1) is 0 Å². The van der Waals surface area contributed by atoms with E-state index in [0.717, 1.165) is 30.6 Å². The lowest BCUT2D eigenvalue weighted by Crippen LogP contribution is -2.54. The number of amides is 5. The van der Waals surface area contributed by atoms with Crippen molar-refractivity contribution in [1.29, 1.82) is 0 Å². The molecule has 0 radical (unpaired) electrons. The van der Waals surface area contributed by atoms with Crippen molar-refractivity contribution in [2.75, 3.05) is 6.54 Å². The second-order valence-corrected chi connectivity index (χ2v) is 7.52. The number of rotatable bonds is 9. The normalized spacial score (nSPS) is 5.37. The molecule has 744 valence electrons. The van der Waals surface area contributed by atoms with E-state index in [2.05, 4.69) is 10.6 Å². The quantitative estimate of drug-likeness (QED) is 0.166. The van der Waals surface area contributed by atoms with Crippen LogP contribution >= 0.6 is 906 Å². The van der Waals surface area contributed by atoms with E-state index in [4.69, 9.17) is 5.73 Å². The van der Waals surface area contributed by atoms with Crippen LogP contribution in [0.25, 0.3) is 0 Å². The highest BCUT2D eigenvalue weighted by atomic mass is 35.5. The molecule has 0 bridgehead atoms. The Bertz CT molecular complexity index is 972. The number of hydrogen-bond donors (Lipinski definition) is 3. The molecular formula is C21H99Cl73N4O5. The minimum Gasteiger partial charge on any atom is -0.352 e. The number of hydrogen-bond acceptors (Lipinski definition) is 6. The maximum absolute atomic E-state index is 13.0. The van der Waals surface area contributed by atoms with Crippen LogP contribution in [-0.2, 0) is 20.9 Å². The first kappa shape index (κ1) is 696. The van der Waals surface area contributed by atoms with Gasteiger partial charge in [-0.3, -0.25) is 34.2 Å². The molecule has 3 rings (SSSR count). The summed E-state index contributed by atoms with van der Waals surface area (Å²) in [6.07, 6.45) is 4.18. The molecular weight excluding hydrogens is 2980 g/mol. The Labute approximate surface area is 1060 Å². The van der Waals surface area contributed by atoms with E-state index in [-0.39, 0.29) is 942 Å². The van der Waals surface area contributed by atoms with Crippen molar-refractivity contribution in [3.8, 4) is 0 Å². The van der Waals surface area contributed by atoms with Crippen molar-refractivity contribution >= 4 is 935 Å². The van der Waals surface area contributed by atoms with Crippen LogP contribution in [0.1, 0.15) is 71.2 Å². The van der Waals surface area contributed by atoms with Crippen molar-refractivity contribution in [2.45, 2.75) is 57.5 Å². The van der Waals surface area contributed by atoms with Gasteiger partial charge in [-0.2, -0.15) is 0 Å². The van der Waals surface area contributed by atoms with E-state index >= 15 is 0 Å². The molecule has 2 heterocycles. The number of unbranched alkanes of at least 4 members (excludes halogenated alkanes) is 3. The molecule has 1 aromatic rings. The highest BCUT2D eigenvalue weighted by molar-refractivity contribution is 6.24. The standard InChI is InChI=1S/C21H26N4O5.73ClH/c22-11-4-2-1-3-8-16(26)23-12-13-6-5-7-14-18(13)21(30)25(20(14)29)15-9-10-17(27)24-19(15)28;;;;;;;;;;;;;;;;;;;;;;;;;;;;;;;;;;;;;;;;;;;;;;;;;;;;;;;;;;;;;;;;;;;;;;;;;/h5-7,15H,1-4,8-12,22H2,(H,23,26)(H,24,27,28);73*1H. The summed E-state index contributed by atoms with van der Waals surface area (Å²) in [7, 11) is 0. The van der Waals surface area contributed by atoms with Crippen LogP contribution in [0.5, 0.6) is 0 Å². The Balaban J connectivity index is -0.00000000203. The molecule has 4 N–H and O–H groups in total. The molecule has 5 amide bonds. The molecule has 0 spiro atoms. The highest BCUT2D eigenvalue weighted by Crippen LogP contribution is 2.30. The van der Waals surface area contributed by atoms with Crippen molar-refractivity contribution in [1.82, 2.24) is 15.5 Å². The Kier molecular flexibility index (Phi) is 2980. The number of carbonyl (C=O) groups excluding carboxylic acids is 5. The van der Waals surface area contributed by atoms with Crippen LogP contribution in [0.15, 0.2) is 18.2 Å². The van der Waals surface area contributed by atoms with Crippen molar-refractivity contribution in [2.24, 2.45) is 5.73 Å². The number of piperidine rings is 1. The average molecular weight is 3080 g/mol. The summed E-state index contributed by atoms with van der Waals surface area (Å²) < 4.78 is 0. The average Bonchev–Trinajstić information content (AvgIpc) is 2.97. The van der Waals surface area contributed by atoms with Gasteiger partial charge in [-0.1, -0.05) is 25.0 Å². The molecule has 1 saturated heterocycles. The van der Waals surface area contributed by atoms with Crippen LogP contribution in [-0.4, -0.2) is 47.0 Å². The second kappa shape index (κ2) is 442. The Hall–Kier alpha value is 18.1. The Morgan fingerprint density at radius 2 is 0.553 bits per heavy atom. The molecule has 2 aliphatic heterocycles. The van der Waals surface area contributed by atoms with Gasteiger partial charge in [0.1, 0.15) is 6.04 Å². The van der Waals surface area contributed by atoms with E-state index in [1.165, 1.54) is 6.07 Å². The van der Waals surface area contributed by atoms with Gasteiger partial charge in [0, 0.05) is 19.4 Å². The lowest BCUT2D eigenvalue weighted by molar-refractivity contribution is -0.136. The van der Waals surface area contributed by atoms with Crippen LogP contribution in [0.2, 0.25) is 0 Å². The monoisotopic (exact) mass is 3040 g/mol. The zero-order chi connectivity index (χ0) is 21.7. The van der Waals surface area contributed by atoms with E-state index in [1.807, 2.05) is 0 Å². The summed E-state index contributed by atoms with van der Waals surface area (Å²) in [5.74, 6) is -2.32. The molecule has 82 heteroatoms. The number of fused-ring (bicyclic) bond motifs is 1. The molecule has 0 saturated carbocycles. The van der Waals surface area contributed by atoms with Gasteiger partial charge in [-0.15, -0.1) is 906 Å². The summed E-state index contributed by atoms with van der Waals surface area (Å²) in [4.78, 5) is 62.3. The van der Waals surface area contributed by atoms with Gasteiger partial charge in [0.2, 0.25) is 17.7 Å². The molecule has 0 aliphatic carbocycles. The van der Waals surface area contributed by atoms with Crippen LogP contribution in [0.4, 0.5) is 0 Å². The van der Waals surface area contributed by atoms with Gasteiger partial charge in [-0.25, -0.2) is 0 Å². The zero-order valence-corrected chi connectivity index (χ0v) is 106. The summed E-state index contributed by atoms with van der Waals surface area (Å²) in [5, 5.41) is 4.97. The minimum atomic E-state index is -1.01. The molecule has 2 aliphatic rings. The van der Waals surface area contributed by atoms with Gasteiger partial charge in [0.05, 0.1) is 11.1 Å². The summed E-state index contributed by atoms with van der Waals surface area (Å²) >= 11 is 0. The number of nitrogens with one attached hydrogen (secondary N) is 2. The number of carbonyl (C=O) groups is 5. The zero-order valence-electron chi connectivity index (χ0n) is 46.5. The number of benzene rings is 1. The predicted octanol–water partition coefficient (Wildman–Crippen LogP) is 31.4. The Morgan fingerprint density at radius 3 is 0.767 bits per heavy atom. The minimum absolute atomic E-state index is 0. The number of halogens is 73.